The van der Waals surface area contributed by atoms with Gasteiger partial charge in [-0.2, -0.15) is 0 Å². The number of hydrogen-bond donors (Lipinski definition) is 2. The van der Waals surface area contributed by atoms with Gasteiger partial charge < -0.3 is 14.6 Å². The molecule has 3 rings (SSSR count). The highest BCUT2D eigenvalue weighted by molar-refractivity contribution is 5.88. The Labute approximate surface area is 143 Å². The lowest BCUT2D eigenvalue weighted by atomic mass is 10.1. The van der Waals surface area contributed by atoms with Gasteiger partial charge in [0.05, 0.1) is 12.0 Å². The number of fused-ring (bicyclic) bond motifs is 1. The summed E-state index contributed by atoms with van der Waals surface area (Å²) in [7, 11) is 0. The highest BCUT2D eigenvalue weighted by Gasteiger charge is 2.15. The molecule has 0 aliphatic heterocycles. The van der Waals surface area contributed by atoms with E-state index in [-0.39, 0.29) is 12.0 Å². The molecule has 0 saturated heterocycles. The molecular weight excluding hydrogens is 320 g/mol. The monoisotopic (exact) mass is 334 g/mol. The van der Waals surface area contributed by atoms with E-state index in [1.165, 1.54) is 12.1 Å². The maximum atomic E-state index is 11.2. The zero-order chi connectivity index (χ0) is 18.0. The van der Waals surface area contributed by atoms with Crippen molar-refractivity contribution >= 4 is 22.9 Å². The van der Waals surface area contributed by atoms with E-state index in [9.17, 15) is 9.59 Å². The molecular formula is C20H14O5. The van der Waals surface area contributed by atoms with Gasteiger partial charge in [-0.15, -0.1) is 0 Å². The van der Waals surface area contributed by atoms with Gasteiger partial charge in [0, 0.05) is 16.5 Å². The Morgan fingerprint density at radius 3 is 2.40 bits per heavy atom. The van der Waals surface area contributed by atoms with Gasteiger partial charge in [-0.1, -0.05) is 17.6 Å². The zero-order valence-electron chi connectivity index (χ0n) is 13.4. The first-order chi connectivity index (χ1) is 11.9. The number of carboxylic acids is 2. The van der Waals surface area contributed by atoms with Crippen molar-refractivity contribution in [3.8, 4) is 11.8 Å². The summed E-state index contributed by atoms with van der Waals surface area (Å²) in [5.74, 6) is 4.10. The lowest BCUT2D eigenvalue weighted by Gasteiger charge is -1.96. The molecule has 1 aromatic heterocycles. The number of furan rings is 1. The lowest BCUT2D eigenvalue weighted by Crippen LogP contribution is -2.00. The number of carboxylic acid groups (broad SMARTS) is 2. The van der Waals surface area contributed by atoms with Crippen LogP contribution in [0.5, 0.6) is 0 Å². The maximum Gasteiger partial charge on any atom is 0.335 e. The second-order valence-electron chi connectivity index (χ2n) is 5.61. The molecule has 5 nitrogen and oxygen atoms in total. The summed E-state index contributed by atoms with van der Waals surface area (Å²) in [5, 5.41) is 18.8. The van der Waals surface area contributed by atoms with Crippen LogP contribution in [0.2, 0.25) is 0 Å². The van der Waals surface area contributed by atoms with Gasteiger partial charge in [0.15, 0.2) is 5.76 Å². The van der Waals surface area contributed by atoms with E-state index in [0.29, 0.717) is 22.5 Å². The number of benzene rings is 2. The molecule has 2 aromatic carbocycles. The Hall–Kier alpha value is -3.52. The highest BCUT2D eigenvalue weighted by atomic mass is 16.4. The Morgan fingerprint density at radius 1 is 1.04 bits per heavy atom. The number of aliphatic carboxylic acids is 1. The average molecular weight is 334 g/mol. The lowest BCUT2D eigenvalue weighted by molar-refractivity contribution is -0.136. The molecule has 0 aliphatic carbocycles. The third kappa shape index (κ3) is 3.54. The average Bonchev–Trinajstić information content (AvgIpc) is 2.90. The topological polar surface area (TPSA) is 87.7 Å². The molecule has 1 heterocycles. The van der Waals surface area contributed by atoms with E-state index in [0.717, 1.165) is 10.9 Å². The first kappa shape index (κ1) is 16.3. The molecule has 0 atom stereocenters. The van der Waals surface area contributed by atoms with Crippen LogP contribution < -0.4 is 0 Å². The van der Waals surface area contributed by atoms with Gasteiger partial charge in [-0.25, -0.2) is 4.79 Å². The minimum absolute atomic E-state index is 0.177. The Kier molecular flexibility index (Phi) is 4.27. The number of hydrogen-bond acceptors (Lipinski definition) is 3. The van der Waals surface area contributed by atoms with Gasteiger partial charge in [0.2, 0.25) is 0 Å². The van der Waals surface area contributed by atoms with E-state index in [1.807, 2.05) is 19.1 Å². The van der Waals surface area contributed by atoms with Gasteiger partial charge >= 0.3 is 11.9 Å². The number of rotatable bonds is 3. The van der Waals surface area contributed by atoms with E-state index < -0.39 is 11.9 Å². The molecule has 5 heteroatoms. The second kappa shape index (κ2) is 6.54. The quantitative estimate of drug-likeness (QED) is 0.716. The fraction of sp³-hybridized carbons (Fsp3) is 0.100. The van der Waals surface area contributed by atoms with Crippen molar-refractivity contribution < 1.29 is 24.2 Å². The molecule has 0 bridgehead atoms. The van der Waals surface area contributed by atoms with Crippen molar-refractivity contribution in [3.63, 3.8) is 0 Å². The minimum Gasteiger partial charge on any atom is -0.481 e. The summed E-state index contributed by atoms with van der Waals surface area (Å²) in [4.78, 5) is 22.0. The molecule has 0 aliphatic rings. The van der Waals surface area contributed by atoms with Crippen LogP contribution in [0.3, 0.4) is 0 Å². The van der Waals surface area contributed by atoms with E-state index in [2.05, 4.69) is 11.8 Å². The molecule has 0 amide bonds. The molecule has 0 saturated carbocycles. The van der Waals surface area contributed by atoms with Gasteiger partial charge in [0.25, 0.3) is 0 Å². The molecule has 0 radical (unpaired) electrons. The summed E-state index contributed by atoms with van der Waals surface area (Å²) < 4.78 is 5.71. The summed E-state index contributed by atoms with van der Waals surface area (Å²) in [5.41, 5.74) is 2.93. The molecule has 0 fully saturated rings. The van der Waals surface area contributed by atoms with Crippen molar-refractivity contribution in [1.82, 2.24) is 0 Å². The van der Waals surface area contributed by atoms with Crippen LogP contribution in [0.1, 0.15) is 32.8 Å². The summed E-state index contributed by atoms with van der Waals surface area (Å²) in [6.45, 7) is 1.92. The van der Waals surface area contributed by atoms with Crippen LogP contribution >= 0.6 is 0 Å². The Balaban J connectivity index is 2.03. The second-order valence-corrected chi connectivity index (χ2v) is 5.61. The van der Waals surface area contributed by atoms with Crippen LogP contribution in [-0.4, -0.2) is 22.2 Å². The van der Waals surface area contributed by atoms with E-state index in [1.54, 1.807) is 18.2 Å². The molecule has 0 unspecified atom stereocenters. The van der Waals surface area contributed by atoms with Crippen molar-refractivity contribution in [3.05, 3.63) is 70.5 Å². The third-order valence-electron chi connectivity index (χ3n) is 3.73. The molecule has 0 spiro atoms. The molecule has 124 valence electrons. The fourth-order valence-electron chi connectivity index (χ4n) is 2.52. The largest absolute Gasteiger partial charge is 0.481 e. The molecule has 25 heavy (non-hydrogen) atoms. The Morgan fingerprint density at radius 2 is 1.76 bits per heavy atom. The van der Waals surface area contributed by atoms with Crippen molar-refractivity contribution in [2.24, 2.45) is 0 Å². The van der Waals surface area contributed by atoms with Crippen LogP contribution in [-0.2, 0) is 11.2 Å². The van der Waals surface area contributed by atoms with E-state index >= 15 is 0 Å². The maximum absolute atomic E-state index is 11.2. The SMILES string of the molecule is Cc1ccc2oc(C#Cc3ccc(C(=O)O)cc3)c(CC(=O)O)c2c1. The zero-order valence-corrected chi connectivity index (χ0v) is 13.4. The predicted octanol–water partition coefficient (Wildman–Crippen LogP) is 3.47. The van der Waals surface area contributed by atoms with Crippen molar-refractivity contribution in [2.75, 3.05) is 0 Å². The number of carbonyl (C=O) groups is 2. The Bertz CT molecular complexity index is 1030. The summed E-state index contributed by atoms with van der Waals surface area (Å²) >= 11 is 0. The van der Waals surface area contributed by atoms with Crippen LogP contribution in [0.15, 0.2) is 46.9 Å². The first-order valence-electron chi connectivity index (χ1n) is 7.53. The normalized spacial score (nSPS) is 10.3. The van der Waals surface area contributed by atoms with Gasteiger partial charge in [-0.05, 0) is 49.2 Å². The highest BCUT2D eigenvalue weighted by Crippen LogP contribution is 2.27. The van der Waals surface area contributed by atoms with Crippen LogP contribution in [0, 0.1) is 18.8 Å². The number of aromatic carboxylic acids is 1. The third-order valence-corrected chi connectivity index (χ3v) is 3.73. The number of aryl methyl sites for hydroxylation is 1. The van der Waals surface area contributed by atoms with Crippen molar-refractivity contribution in [2.45, 2.75) is 13.3 Å². The van der Waals surface area contributed by atoms with E-state index in [4.69, 9.17) is 14.6 Å². The first-order valence-corrected chi connectivity index (χ1v) is 7.53. The molecule has 3 aromatic rings. The van der Waals surface area contributed by atoms with Gasteiger partial charge in [-0.3, -0.25) is 4.79 Å². The predicted molar refractivity (Wildman–Crippen MR) is 91.7 cm³/mol. The minimum atomic E-state index is -1.00. The standard InChI is InChI=1S/C20H14O5/c1-12-2-8-17-15(10-12)16(11-19(21)22)18(25-17)9-5-13-3-6-14(7-4-13)20(23)24/h2-4,6-8,10H,11H2,1H3,(H,21,22)(H,23,24). The smallest absolute Gasteiger partial charge is 0.335 e. The van der Waals surface area contributed by atoms with Gasteiger partial charge in [0.1, 0.15) is 5.58 Å². The molecule has 2 N–H and O–H groups in total. The van der Waals surface area contributed by atoms with Crippen LogP contribution in [0.25, 0.3) is 11.0 Å². The summed E-state index contributed by atoms with van der Waals surface area (Å²) in [6.07, 6.45) is -0.182. The van der Waals surface area contributed by atoms with Crippen molar-refractivity contribution in [1.29, 1.82) is 0 Å². The fourth-order valence-corrected chi connectivity index (χ4v) is 2.52. The summed E-state index contributed by atoms with van der Waals surface area (Å²) in [6, 6.07) is 11.7. The van der Waals surface area contributed by atoms with Crippen LogP contribution in [0.4, 0.5) is 0 Å².